The van der Waals surface area contributed by atoms with Gasteiger partial charge in [-0.2, -0.15) is 0 Å². The molecule has 2 nitrogen and oxygen atoms in total. The van der Waals surface area contributed by atoms with Crippen LogP contribution in [0.3, 0.4) is 0 Å². The number of aryl methyl sites for hydroxylation is 1. The van der Waals surface area contributed by atoms with Crippen molar-refractivity contribution < 1.29 is 5.11 Å². The molecule has 2 heterocycles. The average molecular weight is 231 g/mol. The van der Waals surface area contributed by atoms with E-state index in [1.165, 1.54) is 24.0 Å². The molecular formula is C15H21NO. The van der Waals surface area contributed by atoms with E-state index in [2.05, 4.69) is 36.5 Å². The topological polar surface area (TPSA) is 32.3 Å². The zero-order valence-electron chi connectivity index (χ0n) is 10.4. The van der Waals surface area contributed by atoms with Crippen molar-refractivity contribution in [2.24, 2.45) is 0 Å². The van der Waals surface area contributed by atoms with Gasteiger partial charge in [0, 0.05) is 18.5 Å². The molecule has 1 aromatic rings. The van der Waals surface area contributed by atoms with Crippen molar-refractivity contribution in [2.45, 2.75) is 56.7 Å². The number of fused-ring (bicyclic) bond motifs is 2. The van der Waals surface area contributed by atoms with Crippen LogP contribution in [0.2, 0.25) is 0 Å². The highest BCUT2D eigenvalue weighted by Gasteiger charge is 2.42. The lowest BCUT2D eigenvalue weighted by molar-refractivity contribution is -0.00608. The smallest absolute Gasteiger partial charge is 0.0717 e. The van der Waals surface area contributed by atoms with E-state index in [4.69, 9.17) is 0 Å². The Balaban J connectivity index is 1.76. The van der Waals surface area contributed by atoms with Gasteiger partial charge in [-0.3, -0.25) is 0 Å². The molecule has 2 aliphatic heterocycles. The summed E-state index contributed by atoms with van der Waals surface area (Å²) in [4.78, 5) is 0. The van der Waals surface area contributed by atoms with Gasteiger partial charge in [-0.15, -0.1) is 0 Å². The van der Waals surface area contributed by atoms with E-state index in [0.717, 1.165) is 19.3 Å². The predicted octanol–water partition coefficient (Wildman–Crippen LogP) is 2.18. The second kappa shape index (κ2) is 4.11. The molecule has 0 aromatic heterocycles. The van der Waals surface area contributed by atoms with E-state index in [-0.39, 0.29) is 0 Å². The highest BCUT2D eigenvalue weighted by Crippen LogP contribution is 2.36. The Kier molecular flexibility index (Phi) is 2.72. The summed E-state index contributed by atoms with van der Waals surface area (Å²) >= 11 is 0. The lowest BCUT2D eigenvalue weighted by Gasteiger charge is -2.37. The summed E-state index contributed by atoms with van der Waals surface area (Å²) < 4.78 is 0. The molecule has 0 radical (unpaired) electrons. The molecule has 2 aliphatic rings. The van der Waals surface area contributed by atoms with Gasteiger partial charge in [0.1, 0.15) is 0 Å². The third-order valence-electron chi connectivity index (χ3n) is 4.20. The number of aliphatic hydroxyl groups is 1. The highest BCUT2D eigenvalue weighted by molar-refractivity contribution is 5.24. The molecular weight excluding hydrogens is 210 g/mol. The van der Waals surface area contributed by atoms with Crippen LogP contribution in [0.25, 0.3) is 0 Å². The van der Waals surface area contributed by atoms with Crippen LogP contribution in [-0.2, 0) is 6.42 Å². The lowest BCUT2D eigenvalue weighted by atomic mass is 9.82. The van der Waals surface area contributed by atoms with Crippen molar-refractivity contribution in [1.82, 2.24) is 5.32 Å². The third kappa shape index (κ3) is 2.38. The van der Waals surface area contributed by atoms with Crippen molar-refractivity contribution in [3.63, 3.8) is 0 Å². The SMILES string of the molecule is Cc1cccc(CC2(O)CC3CCC(C2)N3)c1. The number of nitrogens with one attached hydrogen (secondary N) is 1. The first kappa shape index (κ1) is 11.2. The van der Waals surface area contributed by atoms with Gasteiger partial charge in [0.2, 0.25) is 0 Å². The summed E-state index contributed by atoms with van der Waals surface area (Å²) in [6.07, 6.45) is 5.11. The molecule has 2 unspecified atom stereocenters. The van der Waals surface area contributed by atoms with Crippen LogP contribution in [0.5, 0.6) is 0 Å². The van der Waals surface area contributed by atoms with E-state index in [9.17, 15) is 5.11 Å². The fraction of sp³-hybridized carbons (Fsp3) is 0.600. The van der Waals surface area contributed by atoms with E-state index in [0.29, 0.717) is 12.1 Å². The summed E-state index contributed by atoms with van der Waals surface area (Å²) in [5.74, 6) is 0. The molecule has 2 atom stereocenters. The Morgan fingerprint density at radius 2 is 2.00 bits per heavy atom. The maximum atomic E-state index is 10.8. The van der Waals surface area contributed by atoms with Crippen molar-refractivity contribution >= 4 is 0 Å². The van der Waals surface area contributed by atoms with E-state index in [1.54, 1.807) is 0 Å². The number of rotatable bonds is 2. The van der Waals surface area contributed by atoms with Gasteiger partial charge in [-0.1, -0.05) is 29.8 Å². The Bertz CT molecular complexity index is 403. The minimum Gasteiger partial charge on any atom is -0.389 e. The van der Waals surface area contributed by atoms with Crippen LogP contribution in [-0.4, -0.2) is 22.8 Å². The summed E-state index contributed by atoms with van der Waals surface area (Å²) in [6, 6.07) is 9.62. The van der Waals surface area contributed by atoms with Crippen molar-refractivity contribution in [3.05, 3.63) is 35.4 Å². The van der Waals surface area contributed by atoms with Gasteiger partial charge in [0.15, 0.2) is 0 Å². The number of hydrogen-bond donors (Lipinski definition) is 2. The van der Waals surface area contributed by atoms with Gasteiger partial charge >= 0.3 is 0 Å². The minimum atomic E-state index is -0.481. The molecule has 0 spiro atoms. The first-order valence-electron chi connectivity index (χ1n) is 6.67. The van der Waals surface area contributed by atoms with Crippen LogP contribution in [0.4, 0.5) is 0 Å². The molecule has 2 bridgehead atoms. The Labute approximate surface area is 103 Å². The molecule has 2 N–H and O–H groups in total. The first-order chi connectivity index (χ1) is 8.13. The monoisotopic (exact) mass is 231 g/mol. The van der Waals surface area contributed by atoms with Crippen LogP contribution in [0, 0.1) is 6.92 Å². The molecule has 92 valence electrons. The zero-order valence-corrected chi connectivity index (χ0v) is 10.4. The predicted molar refractivity (Wildman–Crippen MR) is 69.0 cm³/mol. The van der Waals surface area contributed by atoms with Crippen LogP contribution in [0.1, 0.15) is 36.8 Å². The van der Waals surface area contributed by atoms with E-state index >= 15 is 0 Å². The van der Waals surface area contributed by atoms with E-state index < -0.39 is 5.60 Å². The fourth-order valence-corrected chi connectivity index (χ4v) is 3.57. The second-order valence-electron chi connectivity index (χ2n) is 5.94. The van der Waals surface area contributed by atoms with Crippen LogP contribution < -0.4 is 5.32 Å². The number of hydrogen-bond acceptors (Lipinski definition) is 2. The highest BCUT2D eigenvalue weighted by atomic mass is 16.3. The number of piperidine rings is 1. The molecule has 3 rings (SSSR count). The summed E-state index contributed by atoms with van der Waals surface area (Å²) in [5, 5.41) is 14.3. The Morgan fingerprint density at radius 3 is 2.65 bits per heavy atom. The maximum Gasteiger partial charge on any atom is 0.0717 e. The maximum absolute atomic E-state index is 10.8. The van der Waals surface area contributed by atoms with Gasteiger partial charge in [0.05, 0.1) is 5.60 Å². The van der Waals surface area contributed by atoms with Crippen LogP contribution >= 0.6 is 0 Å². The molecule has 1 aromatic carbocycles. The minimum absolute atomic E-state index is 0.481. The van der Waals surface area contributed by atoms with Crippen molar-refractivity contribution in [1.29, 1.82) is 0 Å². The number of benzene rings is 1. The fourth-order valence-electron chi connectivity index (χ4n) is 3.57. The molecule has 0 aliphatic carbocycles. The average Bonchev–Trinajstić information content (AvgIpc) is 2.58. The first-order valence-corrected chi connectivity index (χ1v) is 6.67. The molecule has 17 heavy (non-hydrogen) atoms. The Morgan fingerprint density at radius 1 is 1.29 bits per heavy atom. The van der Waals surface area contributed by atoms with Gasteiger partial charge in [-0.25, -0.2) is 0 Å². The molecule has 2 heteroatoms. The summed E-state index contributed by atoms with van der Waals surface area (Å²) in [6.45, 7) is 2.11. The molecule has 2 fully saturated rings. The third-order valence-corrected chi connectivity index (χ3v) is 4.20. The van der Waals surface area contributed by atoms with Gasteiger partial charge in [0.25, 0.3) is 0 Å². The molecule has 0 amide bonds. The summed E-state index contributed by atoms with van der Waals surface area (Å²) in [5.41, 5.74) is 2.07. The molecule has 0 saturated carbocycles. The summed E-state index contributed by atoms with van der Waals surface area (Å²) in [7, 11) is 0. The van der Waals surface area contributed by atoms with E-state index in [1.807, 2.05) is 0 Å². The Hall–Kier alpha value is -0.860. The van der Waals surface area contributed by atoms with Crippen molar-refractivity contribution in [3.8, 4) is 0 Å². The standard InChI is InChI=1S/C15H21NO/c1-11-3-2-4-12(7-11)8-15(17)9-13-5-6-14(10-15)16-13/h2-4,7,13-14,16-17H,5-6,8-10H2,1H3. The normalized spacial score (nSPS) is 36.1. The van der Waals surface area contributed by atoms with Crippen LogP contribution in [0.15, 0.2) is 24.3 Å². The lowest BCUT2D eigenvalue weighted by Crippen LogP contribution is -2.49. The largest absolute Gasteiger partial charge is 0.389 e. The van der Waals surface area contributed by atoms with Gasteiger partial charge in [-0.05, 0) is 38.2 Å². The second-order valence-corrected chi connectivity index (χ2v) is 5.94. The van der Waals surface area contributed by atoms with Crippen molar-refractivity contribution in [2.75, 3.05) is 0 Å². The molecule has 2 saturated heterocycles. The van der Waals surface area contributed by atoms with Gasteiger partial charge < -0.3 is 10.4 Å². The quantitative estimate of drug-likeness (QED) is 0.817. The zero-order chi connectivity index (χ0) is 11.9.